The predicted molar refractivity (Wildman–Crippen MR) is 101 cm³/mol. The van der Waals surface area contributed by atoms with E-state index < -0.39 is 35.3 Å². The Balaban J connectivity index is 1.77. The first kappa shape index (κ1) is 20.6. The van der Waals surface area contributed by atoms with Crippen molar-refractivity contribution < 1.29 is 33.9 Å². The molecular formula is C15H15N5O7S2. The second kappa shape index (κ2) is 8.48. The van der Waals surface area contributed by atoms with Crippen LogP contribution in [0.15, 0.2) is 27.3 Å². The third-order valence-electron chi connectivity index (χ3n) is 4.00. The summed E-state index contributed by atoms with van der Waals surface area (Å²) in [5.41, 5.74) is 6.56. The van der Waals surface area contributed by atoms with Gasteiger partial charge in [-0.1, -0.05) is 5.16 Å². The number of carboxylic acid groups (broad SMARTS) is 1. The van der Waals surface area contributed by atoms with Crippen molar-refractivity contribution >= 4 is 52.7 Å². The molecule has 0 spiro atoms. The van der Waals surface area contributed by atoms with Crippen molar-refractivity contribution in [2.75, 3.05) is 19.5 Å². The van der Waals surface area contributed by atoms with E-state index in [2.05, 4.69) is 25.0 Å². The van der Waals surface area contributed by atoms with Gasteiger partial charge in [-0.15, -0.1) is 23.1 Å². The Morgan fingerprint density at radius 2 is 2.24 bits per heavy atom. The molecule has 2 aliphatic heterocycles. The van der Waals surface area contributed by atoms with Gasteiger partial charge in [0.05, 0.1) is 5.51 Å². The third kappa shape index (κ3) is 4.02. The molecule has 1 fully saturated rings. The number of aromatic nitrogens is 1. The van der Waals surface area contributed by atoms with Crippen LogP contribution < -0.4 is 11.1 Å². The maximum atomic E-state index is 12.6. The lowest BCUT2D eigenvalue weighted by Crippen LogP contribution is -2.71. The van der Waals surface area contributed by atoms with Gasteiger partial charge in [0.25, 0.3) is 11.8 Å². The molecule has 2 atom stereocenters. The quantitative estimate of drug-likeness (QED) is 0.281. The summed E-state index contributed by atoms with van der Waals surface area (Å²) in [6.07, 6.45) is -1.05. The highest BCUT2D eigenvalue weighted by atomic mass is 32.2. The Morgan fingerprint density at radius 3 is 2.83 bits per heavy atom. The molecule has 4 N–H and O–H groups in total. The number of hydrogen-bond acceptors (Lipinski definition) is 10. The summed E-state index contributed by atoms with van der Waals surface area (Å²) in [4.78, 5) is 57.3. The van der Waals surface area contributed by atoms with E-state index in [-0.39, 0.29) is 35.0 Å². The van der Waals surface area contributed by atoms with Crippen LogP contribution in [0.5, 0.6) is 0 Å². The van der Waals surface area contributed by atoms with Crippen molar-refractivity contribution in [1.29, 1.82) is 0 Å². The van der Waals surface area contributed by atoms with Gasteiger partial charge in [-0.3, -0.25) is 14.5 Å². The molecule has 0 bridgehead atoms. The summed E-state index contributed by atoms with van der Waals surface area (Å²) in [7, 11) is 1.27. The van der Waals surface area contributed by atoms with E-state index in [9.17, 15) is 24.3 Å². The number of nitrogens with two attached hydrogens (primary N) is 1. The lowest BCUT2D eigenvalue weighted by molar-refractivity contribution is -0.150. The third-order valence-corrected chi connectivity index (χ3v) is 5.92. The lowest BCUT2D eigenvalue weighted by Gasteiger charge is -2.49. The number of aliphatic carboxylic acids is 1. The number of carbonyl (C=O) groups excluding carboxylic acids is 3. The normalized spacial score (nSPS) is 21.2. The number of nitrogens with one attached hydrogen (secondary N) is 1. The highest BCUT2D eigenvalue weighted by molar-refractivity contribution is 8.00. The van der Waals surface area contributed by atoms with Gasteiger partial charge in [-0.25, -0.2) is 14.6 Å². The zero-order chi connectivity index (χ0) is 21.1. The number of oxime groups is 1. The fourth-order valence-electron chi connectivity index (χ4n) is 2.79. The zero-order valence-electron chi connectivity index (χ0n) is 14.9. The second-order valence-electron chi connectivity index (χ2n) is 5.72. The van der Waals surface area contributed by atoms with E-state index in [0.717, 1.165) is 4.90 Å². The molecule has 2 unspecified atom stereocenters. The monoisotopic (exact) mass is 441 g/mol. The smallest absolute Gasteiger partial charge is 0.404 e. The van der Waals surface area contributed by atoms with E-state index in [1.54, 1.807) is 5.38 Å². The fourth-order valence-corrected chi connectivity index (χ4v) is 4.65. The molecule has 0 saturated carbocycles. The first-order valence-electron chi connectivity index (χ1n) is 7.98. The molecule has 154 valence electrons. The largest absolute Gasteiger partial charge is 0.477 e. The van der Waals surface area contributed by atoms with Crippen LogP contribution >= 0.6 is 23.1 Å². The summed E-state index contributed by atoms with van der Waals surface area (Å²) in [5.74, 6) is -2.46. The minimum Gasteiger partial charge on any atom is -0.477 e. The summed E-state index contributed by atoms with van der Waals surface area (Å²) >= 11 is 2.48. The molecule has 2 aliphatic rings. The van der Waals surface area contributed by atoms with E-state index in [0.29, 0.717) is 0 Å². The van der Waals surface area contributed by atoms with E-state index in [4.69, 9.17) is 5.73 Å². The van der Waals surface area contributed by atoms with Gasteiger partial charge in [-0.05, 0) is 0 Å². The number of ether oxygens (including phenoxy) is 1. The van der Waals surface area contributed by atoms with E-state index in [1.165, 1.54) is 35.7 Å². The average molecular weight is 441 g/mol. The number of amides is 3. The SMILES string of the molecule is CO/N=C(\C(=O)NC1C(=O)N2C(C(=O)O)=C(COC(N)=O)CSC12)c1cscn1. The van der Waals surface area contributed by atoms with Crippen molar-refractivity contribution in [3.05, 3.63) is 27.9 Å². The van der Waals surface area contributed by atoms with Crippen molar-refractivity contribution in [3.8, 4) is 0 Å². The molecule has 29 heavy (non-hydrogen) atoms. The van der Waals surface area contributed by atoms with Crippen LogP contribution in [0.1, 0.15) is 5.69 Å². The molecule has 3 amide bonds. The zero-order valence-corrected chi connectivity index (χ0v) is 16.5. The van der Waals surface area contributed by atoms with Gasteiger partial charge >= 0.3 is 12.1 Å². The van der Waals surface area contributed by atoms with E-state index in [1.807, 2.05) is 0 Å². The summed E-state index contributed by atoms with van der Waals surface area (Å²) in [6.45, 7) is -0.341. The summed E-state index contributed by atoms with van der Waals surface area (Å²) in [5, 5.41) is 16.7. The Labute approximate surface area is 171 Å². The Bertz CT molecular complexity index is 914. The molecule has 1 aromatic rings. The van der Waals surface area contributed by atoms with Crippen molar-refractivity contribution in [2.45, 2.75) is 11.4 Å². The molecule has 1 aromatic heterocycles. The molecule has 12 nitrogen and oxygen atoms in total. The molecule has 0 aromatic carbocycles. The number of fused-ring (bicyclic) bond motifs is 1. The van der Waals surface area contributed by atoms with Gasteiger partial charge in [0, 0.05) is 16.7 Å². The van der Waals surface area contributed by atoms with Crippen LogP contribution in [0.2, 0.25) is 0 Å². The first-order chi connectivity index (χ1) is 13.8. The number of carboxylic acids is 1. The number of β-lactam (4-membered cyclic amide) rings is 1. The van der Waals surface area contributed by atoms with Crippen LogP contribution in [0, 0.1) is 0 Å². The second-order valence-corrected chi connectivity index (χ2v) is 7.55. The highest BCUT2D eigenvalue weighted by Gasteiger charge is 2.54. The van der Waals surface area contributed by atoms with Crippen LogP contribution in [0.4, 0.5) is 4.79 Å². The fraction of sp³-hybridized carbons (Fsp3) is 0.333. The first-order valence-corrected chi connectivity index (χ1v) is 9.97. The topological polar surface area (TPSA) is 174 Å². The standard InChI is InChI=1S/C15H15N5O7S2/c1-26-19-8(7-4-28-5-17-7)11(21)18-9-12(22)20-10(14(23)24)6(2-27-15(16)25)3-29-13(9)20/h4-5,9,13H,2-3H2,1H3,(H2,16,25)(H,18,21)(H,23,24)/b19-8-. The molecular weight excluding hydrogens is 426 g/mol. The maximum absolute atomic E-state index is 12.6. The molecule has 14 heteroatoms. The summed E-state index contributed by atoms with van der Waals surface area (Å²) in [6, 6.07) is -0.957. The average Bonchev–Trinajstić information content (AvgIpc) is 3.21. The minimum atomic E-state index is -1.35. The van der Waals surface area contributed by atoms with Crippen molar-refractivity contribution in [3.63, 3.8) is 0 Å². The Morgan fingerprint density at radius 1 is 1.48 bits per heavy atom. The number of rotatable bonds is 7. The van der Waals surface area contributed by atoms with Gasteiger partial charge in [0.1, 0.15) is 36.5 Å². The van der Waals surface area contributed by atoms with Crippen molar-refractivity contribution in [2.24, 2.45) is 10.9 Å². The van der Waals surface area contributed by atoms with E-state index >= 15 is 0 Å². The van der Waals surface area contributed by atoms with Gasteiger partial charge in [-0.2, -0.15) is 0 Å². The number of hydrogen-bond donors (Lipinski definition) is 3. The van der Waals surface area contributed by atoms with Gasteiger partial charge in [0.15, 0.2) is 5.71 Å². The summed E-state index contributed by atoms with van der Waals surface area (Å²) < 4.78 is 4.66. The predicted octanol–water partition coefficient (Wildman–Crippen LogP) is -0.672. The number of thiazole rings is 1. The highest BCUT2D eigenvalue weighted by Crippen LogP contribution is 2.40. The Hall–Kier alpha value is -3.13. The molecule has 0 aliphatic carbocycles. The lowest BCUT2D eigenvalue weighted by atomic mass is 10.0. The van der Waals surface area contributed by atoms with Crippen LogP contribution in [0.3, 0.4) is 0 Å². The molecule has 1 saturated heterocycles. The minimum absolute atomic E-state index is 0.106. The van der Waals surface area contributed by atoms with Crippen molar-refractivity contribution in [1.82, 2.24) is 15.2 Å². The van der Waals surface area contributed by atoms with Crippen LogP contribution in [-0.4, -0.2) is 75.5 Å². The maximum Gasteiger partial charge on any atom is 0.404 e. The Kier molecular flexibility index (Phi) is 6.03. The van der Waals surface area contributed by atoms with Crippen LogP contribution in [-0.2, 0) is 24.0 Å². The van der Waals surface area contributed by atoms with Gasteiger partial charge in [0.2, 0.25) is 0 Å². The molecule has 3 heterocycles. The number of primary amides is 1. The number of nitrogens with zero attached hydrogens (tertiary/aromatic N) is 3. The van der Waals surface area contributed by atoms with Gasteiger partial charge < -0.3 is 25.7 Å². The number of carbonyl (C=O) groups is 4. The molecule has 3 rings (SSSR count). The molecule has 0 radical (unpaired) electrons. The number of thioether (sulfide) groups is 1. The van der Waals surface area contributed by atoms with Crippen LogP contribution in [0.25, 0.3) is 0 Å².